The van der Waals surface area contributed by atoms with Gasteiger partial charge in [0.05, 0.1) is 19.8 Å². The van der Waals surface area contributed by atoms with Crippen LogP contribution in [-0.2, 0) is 16.1 Å². The van der Waals surface area contributed by atoms with E-state index in [1.807, 2.05) is 76.2 Å². The molecule has 0 saturated carbocycles. The second kappa shape index (κ2) is 11.8. The molecule has 35 heavy (non-hydrogen) atoms. The summed E-state index contributed by atoms with van der Waals surface area (Å²) in [6.45, 7) is 9.10. The Morgan fingerprint density at radius 3 is 2.43 bits per heavy atom. The number of amides is 2. The maximum Gasteiger partial charge on any atom is 0.410 e. The second-order valence-corrected chi connectivity index (χ2v) is 9.61. The van der Waals surface area contributed by atoms with Crippen molar-refractivity contribution in [1.29, 1.82) is 0 Å². The average molecular weight is 485 g/mol. The molecule has 0 aromatic heterocycles. The Morgan fingerprint density at radius 1 is 1.00 bits per heavy atom. The largest absolute Gasteiger partial charge is 0.493 e. The molecule has 1 heterocycles. The minimum absolute atomic E-state index is 0.201. The first-order valence-corrected chi connectivity index (χ1v) is 11.9. The van der Waals surface area contributed by atoms with Crippen LogP contribution >= 0.6 is 0 Å². The van der Waals surface area contributed by atoms with E-state index in [0.717, 1.165) is 11.1 Å². The predicted octanol–water partition coefficient (Wildman–Crippen LogP) is 5.03. The predicted molar refractivity (Wildman–Crippen MR) is 133 cm³/mol. The number of piperazine rings is 1. The van der Waals surface area contributed by atoms with E-state index in [0.29, 0.717) is 44.2 Å². The third kappa shape index (κ3) is 7.80. The van der Waals surface area contributed by atoms with Crippen LogP contribution in [0.5, 0.6) is 11.5 Å². The van der Waals surface area contributed by atoms with Gasteiger partial charge in [-0.3, -0.25) is 0 Å². The Bertz CT molecular complexity index is 989. The molecule has 0 N–H and O–H groups in total. The van der Waals surface area contributed by atoms with E-state index in [9.17, 15) is 9.59 Å². The number of hydrogen-bond acceptors (Lipinski definition) is 6. The van der Waals surface area contributed by atoms with Crippen LogP contribution in [0.1, 0.15) is 38.3 Å². The Balaban J connectivity index is 1.64. The van der Waals surface area contributed by atoms with Gasteiger partial charge in [-0.15, -0.1) is 0 Å². The maximum atomic E-state index is 12.9. The Morgan fingerprint density at radius 2 is 1.74 bits per heavy atom. The summed E-state index contributed by atoms with van der Waals surface area (Å²) in [7, 11) is 1.60. The summed E-state index contributed by atoms with van der Waals surface area (Å²) >= 11 is 0. The lowest BCUT2D eigenvalue weighted by Gasteiger charge is -2.41. The van der Waals surface area contributed by atoms with E-state index in [4.69, 9.17) is 18.9 Å². The Labute approximate surface area is 207 Å². The van der Waals surface area contributed by atoms with Gasteiger partial charge in [-0.1, -0.05) is 36.4 Å². The fourth-order valence-electron chi connectivity index (χ4n) is 3.84. The third-order valence-corrected chi connectivity index (χ3v) is 5.60. The first-order valence-electron chi connectivity index (χ1n) is 11.9. The zero-order valence-corrected chi connectivity index (χ0v) is 21.3. The van der Waals surface area contributed by atoms with Gasteiger partial charge >= 0.3 is 12.2 Å². The SMILES string of the molecule is COc1cc(C)ccc1OCC[C@@H]1CN(C(=O)OCc2ccccc2)CCN1C(=O)OC(C)(C)C. The van der Waals surface area contributed by atoms with Gasteiger partial charge in [0, 0.05) is 26.1 Å². The summed E-state index contributed by atoms with van der Waals surface area (Å²) in [5.41, 5.74) is 1.38. The number of carbonyl (C=O) groups excluding carboxylic acids is 2. The highest BCUT2D eigenvalue weighted by Gasteiger charge is 2.35. The van der Waals surface area contributed by atoms with Crippen molar-refractivity contribution in [1.82, 2.24) is 9.80 Å². The van der Waals surface area contributed by atoms with Crippen LogP contribution in [0.4, 0.5) is 9.59 Å². The van der Waals surface area contributed by atoms with Gasteiger partial charge in [0.2, 0.25) is 0 Å². The zero-order chi connectivity index (χ0) is 25.4. The molecule has 0 spiro atoms. The lowest BCUT2D eigenvalue weighted by molar-refractivity contribution is -0.00618. The van der Waals surface area contributed by atoms with Crippen LogP contribution in [-0.4, -0.2) is 67.0 Å². The van der Waals surface area contributed by atoms with Gasteiger partial charge in [0.15, 0.2) is 11.5 Å². The van der Waals surface area contributed by atoms with E-state index in [-0.39, 0.29) is 12.6 Å². The number of ether oxygens (including phenoxy) is 4. The number of hydrogen-bond donors (Lipinski definition) is 0. The molecule has 0 bridgehead atoms. The molecule has 0 unspecified atom stereocenters. The van der Waals surface area contributed by atoms with Crippen molar-refractivity contribution < 1.29 is 28.5 Å². The molecule has 8 nitrogen and oxygen atoms in total. The molecule has 1 atom stereocenters. The van der Waals surface area contributed by atoms with E-state index >= 15 is 0 Å². The van der Waals surface area contributed by atoms with E-state index in [1.54, 1.807) is 16.9 Å². The molecule has 8 heteroatoms. The normalized spacial score (nSPS) is 16.0. The molecule has 1 aliphatic heterocycles. The van der Waals surface area contributed by atoms with Gasteiger partial charge in [-0.25, -0.2) is 9.59 Å². The molecular formula is C27H36N2O6. The topological polar surface area (TPSA) is 77.5 Å². The van der Waals surface area contributed by atoms with Crippen molar-refractivity contribution in [2.75, 3.05) is 33.4 Å². The summed E-state index contributed by atoms with van der Waals surface area (Å²) in [6.07, 6.45) is -0.282. The third-order valence-electron chi connectivity index (χ3n) is 5.60. The number of aryl methyl sites for hydroxylation is 1. The lowest BCUT2D eigenvalue weighted by atomic mass is 10.1. The van der Waals surface area contributed by atoms with Crippen LogP contribution in [0, 0.1) is 6.92 Å². The molecule has 190 valence electrons. The molecule has 0 aliphatic carbocycles. The average Bonchev–Trinajstić information content (AvgIpc) is 2.82. The summed E-state index contributed by atoms with van der Waals surface area (Å²) in [5, 5.41) is 0. The number of nitrogens with zero attached hydrogens (tertiary/aromatic N) is 2. The maximum absolute atomic E-state index is 12.9. The van der Waals surface area contributed by atoms with Crippen molar-refractivity contribution in [3.63, 3.8) is 0 Å². The fraction of sp³-hybridized carbons (Fsp3) is 0.481. The van der Waals surface area contributed by atoms with Crippen LogP contribution < -0.4 is 9.47 Å². The van der Waals surface area contributed by atoms with Crippen molar-refractivity contribution >= 4 is 12.2 Å². The molecule has 2 aromatic carbocycles. The number of rotatable bonds is 7. The van der Waals surface area contributed by atoms with Gasteiger partial charge in [0.1, 0.15) is 12.2 Å². The molecule has 1 aliphatic rings. The highest BCUT2D eigenvalue weighted by molar-refractivity contribution is 5.71. The molecular weight excluding hydrogens is 448 g/mol. The number of benzene rings is 2. The summed E-state index contributed by atoms with van der Waals surface area (Å²) in [6, 6.07) is 15.0. The number of carbonyl (C=O) groups is 2. The van der Waals surface area contributed by atoms with Gasteiger partial charge in [-0.05, 0) is 51.0 Å². The van der Waals surface area contributed by atoms with Crippen molar-refractivity contribution in [3.05, 3.63) is 59.7 Å². The Kier molecular flexibility index (Phi) is 8.84. The molecule has 0 radical (unpaired) electrons. The summed E-state index contributed by atoms with van der Waals surface area (Å²) < 4.78 is 22.5. The van der Waals surface area contributed by atoms with E-state index in [1.165, 1.54) is 0 Å². The second-order valence-electron chi connectivity index (χ2n) is 9.61. The van der Waals surface area contributed by atoms with Gasteiger partial charge in [0.25, 0.3) is 0 Å². The van der Waals surface area contributed by atoms with Crippen molar-refractivity contribution in [2.45, 2.75) is 52.4 Å². The summed E-state index contributed by atoms with van der Waals surface area (Å²) in [4.78, 5) is 29.0. The minimum Gasteiger partial charge on any atom is -0.493 e. The van der Waals surface area contributed by atoms with Gasteiger partial charge in [-0.2, -0.15) is 0 Å². The minimum atomic E-state index is -0.612. The summed E-state index contributed by atoms with van der Waals surface area (Å²) in [5.74, 6) is 1.29. The monoisotopic (exact) mass is 484 g/mol. The molecule has 1 saturated heterocycles. The number of methoxy groups -OCH3 is 1. The zero-order valence-electron chi connectivity index (χ0n) is 21.3. The molecule has 2 aromatic rings. The smallest absolute Gasteiger partial charge is 0.410 e. The van der Waals surface area contributed by atoms with Crippen LogP contribution in [0.2, 0.25) is 0 Å². The van der Waals surface area contributed by atoms with Crippen molar-refractivity contribution in [2.24, 2.45) is 0 Å². The van der Waals surface area contributed by atoms with Crippen LogP contribution in [0.15, 0.2) is 48.5 Å². The van der Waals surface area contributed by atoms with Crippen LogP contribution in [0.25, 0.3) is 0 Å². The first kappa shape index (κ1) is 26.2. The first-order chi connectivity index (χ1) is 16.7. The molecule has 1 fully saturated rings. The lowest BCUT2D eigenvalue weighted by Crippen LogP contribution is -2.57. The van der Waals surface area contributed by atoms with E-state index in [2.05, 4.69) is 0 Å². The van der Waals surface area contributed by atoms with Gasteiger partial charge < -0.3 is 28.7 Å². The Hall–Kier alpha value is -3.42. The molecule has 2 amide bonds. The highest BCUT2D eigenvalue weighted by Crippen LogP contribution is 2.28. The highest BCUT2D eigenvalue weighted by atomic mass is 16.6. The quantitative estimate of drug-likeness (QED) is 0.549. The fourth-order valence-corrected chi connectivity index (χ4v) is 3.84. The van der Waals surface area contributed by atoms with Crippen LogP contribution in [0.3, 0.4) is 0 Å². The standard InChI is InChI=1S/C27H36N2O6/c1-20-11-12-23(24(17-20)32-5)33-16-13-22-18-28(14-15-29(22)26(31)35-27(2,3)4)25(30)34-19-21-9-7-6-8-10-21/h6-12,17,22H,13-16,18-19H2,1-5H3/t22-/m1/s1. The molecule has 3 rings (SSSR count). The van der Waals surface area contributed by atoms with E-state index < -0.39 is 17.8 Å². The van der Waals surface area contributed by atoms with Crippen molar-refractivity contribution in [3.8, 4) is 11.5 Å².